The Hall–Kier alpha value is -0.870. The molecule has 0 radical (unpaired) electrons. The van der Waals surface area contributed by atoms with Crippen molar-refractivity contribution in [1.29, 1.82) is 0 Å². The molecule has 0 amide bonds. The normalized spacial score (nSPS) is 12.7. The van der Waals surface area contributed by atoms with Crippen molar-refractivity contribution in [2.45, 2.75) is 4.29 Å². The second kappa shape index (κ2) is 4.11. The van der Waals surface area contributed by atoms with Crippen LogP contribution in [0, 0.1) is 0 Å². The minimum Gasteiger partial charge on any atom is -0.223 e. The van der Waals surface area contributed by atoms with E-state index in [1.807, 2.05) is 24.3 Å². The van der Waals surface area contributed by atoms with Gasteiger partial charge in [-0.1, -0.05) is 34.1 Å². The molecular formula is C9H7BrClN3. The Kier molecular flexibility index (Phi) is 2.84. The van der Waals surface area contributed by atoms with Crippen molar-refractivity contribution in [3.63, 3.8) is 0 Å². The lowest BCUT2D eigenvalue weighted by atomic mass is 10.2. The van der Waals surface area contributed by atoms with Crippen LogP contribution < -0.4 is 0 Å². The molecule has 14 heavy (non-hydrogen) atoms. The van der Waals surface area contributed by atoms with Crippen LogP contribution in [0.25, 0.3) is 5.69 Å². The number of nitrogens with zero attached hydrogens (tertiary/aromatic N) is 3. The summed E-state index contributed by atoms with van der Waals surface area (Å²) in [4.78, 5) is 3.89. The summed E-state index contributed by atoms with van der Waals surface area (Å²) in [6.07, 6.45) is 3.14. The summed E-state index contributed by atoms with van der Waals surface area (Å²) < 4.78 is 1.47. The number of alkyl halides is 2. The highest BCUT2D eigenvalue weighted by Gasteiger charge is 2.09. The highest BCUT2D eigenvalue weighted by atomic mass is 79.9. The molecule has 0 N–H and O–H groups in total. The van der Waals surface area contributed by atoms with E-state index in [1.165, 1.54) is 6.33 Å². The Morgan fingerprint density at radius 2 is 2.14 bits per heavy atom. The van der Waals surface area contributed by atoms with Gasteiger partial charge in [0.25, 0.3) is 0 Å². The summed E-state index contributed by atoms with van der Waals surface area (Å²) in [5, 5.41) is 4.06. The molecule has 0 aliphatic rings. The van der Waals surface area contributed by atoms with E-state index in [2.05, 4.69) is 26.0 Å². The molecule has 1 heterocycles. The van der Waals surface area contributed by atoms with Crippen LogP contribution >= 0.6 is 27.5 Å². The van der Waals surface area contributed by atoms with Gasteiger partial charge in [-0.05, 0) is 6.07 Å². The van der Waals surface area contributed by atoms with Gasteiger partial charge in [0.1, 0.15) is 16.9 Å². The van der Waals surface area contributed by atoms with E-state index in [0.717, 1.165) is 11.3 Å². The highest BCUT2D eigenvalue weighted by Crippen LogP contribution is 2.30. The second-order valence-corrected chi connectivity index (χ2v) is 4.58. The van der Waals surface area contributed by atoms with Gasteiger partial charge in [-0.2, -0.15) is 5.10 Å². The van der Waals surface area contributed by atoms with E-state index in [0.29, 0.717) is 0 Å². The zero-order chi connectivity index (χ0) is 9.97. The van der Waals surface area contributed by atoms with Gasteiger partial charge in [-0.25, -0.2) is 9.67 Å². The lowest BCUT2D eigenvalue weighted by Gasteiger charge is -2.08. The molecular weight excluding hydrogens is 265 g/mol. The number of hydrogen-bond donors (Lipinski definition) is 0. The molecule has 2 rings (SSSR count). The van der Waals surface area contributed by atoms with Crippen molar-refractivity contribution in [2.24, 2.45) is 0 Å². The molecule has 1 aromatic carbocycles. The van der Waals surface area contributed by atoms with E-state index >= 15 is 0 Å². The monoisotopic (exact) mass is 271 g/mol. The maximum absolute atomic E-state index is 5.98. The van der Waals surface area contributed by atoms with Crippen molar-refractivity contribution >= 4 is 27.5 Å². The zero-order valence-electron chi connectivity index (χ0n) is 7.14. The van der Waals surface area contributed by atoms with Gasteiger partial charge in [0.2, 0.25) is 0 Å². The first kappa shape index (κ1) is 9.68. The van der Waals surface area contributed by atoms with Gasteiger partial charge in [0.05, 0.1) is 5.69 Å². The van der Waals surface area contributed by atoms with Gasteiger partial charge in [-0.15, -0.1) is 11.6 Å². The molecule has 72 valence electrons. The highest BCUT2D eigenvalue weighted by molar-refractivity contribution is 9.09. The van der Waals surface area contributed by atoms with E-state index in [9.17, 15) is 0 Å². The van der Waals surface area contributed by atoms with Crippen LogP contribution in [0.15, 0.2) is 36.9 Å². The fraction of sp³-hybridized carbons (Fsp3) is 0.111. The van der Waals surface area contributed by atoms with Gasteiger partial charge < -0.3 is 0 Å². The van der Waals surface area contributed by atoms with Crippen molar-refractivity contribution < 1.29 is 0 Å². The Morgan fingerprint density at radius 3 is 2.79 bits per heavy atom. The molecule has 0 spiro atoms. The fourth-order valence-corrected chi connectivity index (χ4v) is 1.79. The maximum atomic E-state index is 5.98. The molecule has 0 saturated carbocycles. The van der Waals surface area contributed by atoms with Crippen LogP contribution in [0.5, 0.6) is 0 Å². The third kappa shape index (κ3) is 1.81. The van der Waals surface area contributed by atoms with Gasteiger partial charge in [0, 0.05) is 5.56 Å². The average molecular weight is 273 g/mol. The number of rotatable bonds is 2. The molecule has 3 nitrogen and oxygen atoms in total. The molecule has 0 aliphatic carbocycles. The average Bonchev–Trinajstić information content (AvgIpc) is 2.70. The summed E-state index contributed by atoms with van der Waals surface area (Å²) in [6, 6.07) is 7.77. The molecule has 0 fully saturated rings. The summed E-state index contributed by atoms with van der Waals surface area (Å²) in [5.74, 6) is 0. The van der Waals surface area contributed by atoms with Crippen LogP contribution in [0.4, 0.5) is 0 Å². The fourth-order valence-electron chi connectivity index (χ4n) is 1.21. The molecule has 1 aromatic heterocycles. The predicted octanol–water partition coefficient (Wildman–Crippen LogP) is 2.90. The summed E-state index contributed by atoms with van der Waals surface area (Å²) >= 11 is 9.30. The SMILES string of the molecule is ClC(Br)c1ccccc1-n1cncn1. The summed E-state index contributed by atoms with van der Waals surface area (Å²) in [6.45, 7) is 0. The first-order valence-corrected chi connectivity index (χ1v) is 5.36. The minimum absolute atomic E-state index is 0.220. The minimum atomic E-state index is -0.220. The van der Waals surface area contributed by atoms with Crippen molar-refractivity contribution in [3.8, 4) is 5.69 Å². The number of benzene rings is 1. The lowest BCUT2D eigenvalue weighted by Crippen LogP contribution is -1.99. The van der Waals surface area contributed by atoms with Gasteiger partial charge in [-0.3, -0.25) is 0 Å². The van der Waals surface area contributed by atoms with Gasteiger partial charge in [0.15, 0.2) is 0 Å². The standard InChI is InChI=1S/C9H7BrClN3/c10-9(11)7-3-1-2-4-8(7)14-6-12-5-13-14/h1-6,9H. The van der Waals surface area contributed by atoms with Crippen LogP contribution in [0.1, 0.15) is 9.85 Å². The first-order valence-electron chi connectivity index (χ1n) is 4.01. The largest absolute Gasteiger partial charge is 0.223 e. The van der Waals surface area contributed by atoms with E-state index < -0.39 is 0 Å². The second-order valence-electron chi connectivity index (χ2n) is 2.70. The first-order chi connectivity index (χ1) is 6.79. The van der Waals surface area contributed by atoms with Crippen LogP contribution in [-0.4, -0.2) is 14.8 Å². The molecule has 0 saturated heterocycles. The Balaban J connectivity index is 2.53. The third-order valence-corrected chi connectivity index (χ3v) is 2.57. The molecule has 1 unspecified atom stereocenters. The molecule has 2 aromatic rings. The lowest BCUT2D eigenvalue weighted by molar-refractivity contribution is 0.869. The van der Waals surface area contributed by atoms with E-state index in [4.69, 9.17) is 11.6 Å². The Morgan fingerprint density at radius 1 is 1.36 bits per heavy atom. The molecule has 1 atom stereocenters. The molecule has 0 aliphatic heterocycles. The quantitative estimate of drug-likeness (QED) is 0.787. The molecule has 5 heteroatoms. The smallest absolute Gasteiger partial charge is 0.138 e. The van der Waals surface area contributed by atoms with Crippen LogP contribution in [0.3, 0.4) is 0 Å². The summed E-state index contributed by atoms with van der Waals surface area (Å²) in [7, 11) is 0. The summed E-state index contributed by atoms with van der Waals surface area (Å²) in [5.41, 5.74) is 1.90. The van der Waals surface area contributed by atoms with Crippen molar-refractivity contribution in [1.82, 2.24) is 14.8 Å². The van der Waals surface area contributed by atoms with Gasteiger partial charge >= 0.3 is 0 Å². The Labute approximate surface area is 94.9 Å². The van der Waals surface area contributed by atoms with Crippen molar-refractivity contribution in [2.75, 3.05) is 0 Å². The van der Waals surface area contributed by atoms with Crippen molar-refractivity contribution in [3.05, 3.63) is 42.5 Å². The van der Waals surface area contributed by atoms with E-state index in [1.54, 1.807) is 11.0 Å². The number of hydrogen-bond acceptors (Lipinski definition) is 2. The zero-order valence-corrected chi connectivity index (χ0v) is 9.48. The molecule has 0 bridgehead atoms. The van der Waals surface area contributed by atoms with Crippen LogP contribution in [0.2, 0.25) is 0 Å². The number of aromatic nitrogens is 3. The van der Waals surface area contributed by atoms with Crippen LogP contribution in [-0.2, 0) is 0 Å². The topological polar surface area (TPSA) is 30.7 Å². The third-order valence-electron chi connectivity index (χ3n) is 1.84. The number of para-hydroxylation sites is 1. The predicted molar refractivity (Wildman–Crippen MR) is 58.9 cm³/mol. The number of halogens is 2. The maximum Gasteiger partial charge on any atom is 0.138 e. The Bertz CT molecular complexity index is 414. The van der Waals surface area contributed by atoms with E-state index in [-0.39, 0.29) is 4.29 Å².